The van der Waals surface area contributed by atoms with Gasteiger partial charge >= 0.3 is 0 Å². The van der Waals surface area contributed by atoms with Crippen molar-refractivity contribution < 1.29 is 4.74 Å². The number of rotatable bonds is 3. The Morgan fingerprint density at radius 2 is 1.86 bits per heavy atom. The lowest BCUT2D eigenvalue weighted by molar-refractivity contribution is 0.138. The summed E-state index contributed by atoms with van der Waals surface area (Å²) in [6.45, 7) is 6.10. The van der Waals surface area contributed by atoms with Gasteiger partial charge in [-0.15, -0.1) is 0 Å². The second kappa shape index (κ2) is 4.01. The first-order valence-electron chi connectivity index (χ1n) is 5.15. The summed E-state index contributed by atoms with van der Waals surface area (Å²) >= 11 is 0. The molecule has 0 bridgehead atoms. The average Bonchev–Trinajstić information content (AvgIpc) is 2.12. The SMILES string of the molecule is CC(C)c1ccc(OC2C[N]C2)cc1. The van der Waals surface area contributed by atoms with E-state index in [4.69, 9.17) is 4.74 Å². The number of hydrogen-bond donors (Lipinski definition) is 0. The quantitative estimate of drug-likeness (QED) is 0.716. The van der Waals surface area contributed by atoms with Gasteiger partial charge in [0, 0.05) is 0 Å². The van der Waals surface area contributed by atoms with Gasteiger partial charge in [0.05, 0.1) is 13.1 Å². The molecule has 1 fully saturated rings. The van der Waals surface area contributed by atoms with Gasteiger partial charge in [-0.3, -0.25) is 0 Å². The minimum absolute atomic E-state index is 0.319. The first kappa shape index (κ1) is 9.53. The number of benzene rings is 1. The van der Waals surface area contributed by atoms with Crippen molar-refractivity contribution in [2.45, 2.75) is 25.9 Å². The fraction of sp³-hybridized carbons (Fsp3) is 0.500. The maximum Gasteiger partial charge on any atom is 0.127 e. The zero-order valence-corrected chi connectivity index (χ0v) is 8.73. The molecule has 75 valence electrons. The summed E-state index contributed by atoms with van der Waals surface area (Å²) in [4.78, 5) is 0. The molecule has 0 N–H and O–H groups in total. The summed E-state index contributed by atoms with van der Waals surface area (Å²) in [7, 11) is 0. The van der Waals surface area contributed by atoms with Crippen LogP contribution in [0.2, 0.25) is 0 Å². The van der Waals surface area contributed by atoms with Gasteiger partial charge in [0.1, 0.15) is 11.9 Å². The lowest BCUT2D eigenvalue weighted by Gasteiger charge is -2.26. The van der Waals surface area contributed by atoms with Gasteiger partial charge in [-0.2, -0.15) is 0 Å². The maximum atomic E-state index is 5.69. The van der Waals surface area contributed by atoms with Crippen molar-refractivity contribution in [1.82, 2.24) is 5.32 Å². The Kier molecular flexibility index (Phi) is 2.73. The minimum atomic E-state index is 0.319. The lowest BCUT2D eigenvalue weighted by atomic mass is 10.0. The van der Waals surface area contributed by atoms with Crippen molar-refractivity contribution in [3.8, 4) is 5.75 Å². The summed E-state index contributed by atoms with van der Waals surface area (Å²) < 4.78 is 5.69. The molecule has 1 aliphatic heterocycles. The normalized spacial score (nSPS) is 16.8. The monoisotopic (exact) mass is 190 g/mol. The van der Waals surface area contributed by atoms with Crippen molar-refractivity contribution in [1.29, 1.82) is 0 Å². The molecule has 0 aromatic heterocycles. The van der Waals surface area contributed by atoms with E-state index in [1.165, 1.54) is 5.56 Å². The first-order valence-corrected chi connectivity index (χ1v) is 5.15. The van der Waals surface area contributed by atoms with Gasteiger partial charge in [0.15, 0.2) is 0 Å². The molecule has 0 spiro atoms. The molecule has 0 unspecified atom stereocenters. The predicted molar refractivity (Wildman–Crippen MR) is 56.8 cm³/mol. The highest BCUT2D eigenvalue weighted by molar-refractivity contribution is 5.29. The van der Waals surface area contributed by atoms with Crippen LogP contribution >= 0.6 is 0 Å². The average molecular weight is 190 g/mol. The number of hydrogen-bond acceptors (Lipinski definition) is 1. The predicted octanol–water partition coefficient (Wildman–Crippen LogP) is 2.18. The standard InChI is InChI=1S/C12H16NO/c1-9(2)10-3-5-11(6-4-10)14-12-7-13-8-12/h3-6,9,12H,7-8H2,1-2H3. The van der Waals surface area contributed by atoms with E-state index in [2.05, 4.69) is 31.3 Å². The highest BCUT2D eigenvalue weighted by Crippen LogP contribution is 2.20. The summed E-state index contributed by atoms with van der Waals surface area (Å²) in [6, 6.07) is 8.37. The molecule has 0 aliphatic carbocycles. The van der Waals surface area contributed by atoms with Crippen LogP contribution in [-0.4, -0.2) is 19.2 Å². The molecule has 1 saturated heterocycles. The zero-order chi connectivity index (χ0) is 9.97. The summed E-state index contributed by atoms with van der Waals surface area (Å²) in [5.41, 5.74) is 1.36. The molecule has 1 heterocycles. The molecule has 0 atom stereocenters. The van der Waals surface area contributed by atoms with E-state index in [0.29, 0.717) is 12.0 Å². The van der Waals surface area contributed by atoms with Gasteiger partial charge in [-0.05, 0) is 23.6 Å². The Bertz CT molecular complexity index is 288. The van der Waals surface area contributed by atoms with E-state index in [-0.39, 0.29) is 0 Å². The summed E-state index contributed by atoms with van der Waals surface area (Å²) in [6.07, 6.45) is 0.319. The van der Waals surface area contributed by atoms with Crippen LogP contribution in [0.5, 0.6) is 5.75 Å². The van der Waals surface area contributed by atoms with Crippen LogP contribution in [0.1, 0.15) is 25.3 Å². The van der Waals surface area contributed by atoms with Crippen LogP contribution in [0, 0.1) is 0 Å². The second-order valence-electron chi connectivity index (χ2n) is 4.05. The first-order chi connectivity index (χ1) is 6.75. The fourth-order valence-electron chi connectivity index (χ4n) is 1.43. The summed E-state index contributed by atoms with van der Waals surface area (Å²) in [5, 5.41) is 4.12. The smallest absolute Gasteiger partial charge is 0.127 e. The molecule has 1 aromatic rings. The van der Waals surface area contributed by atoms with Gasteiger partial charge in [0.25, 0.3) is 0 Å². The van der Waals surface area contributed by atoms with Gasteiger partial charge < -0.3 is 4.74 Å². The topological polar surface area (TPSA) is 23.3 Å². The number of ether oxygens (including phenoxy) is 1. The molecule has 2 nitrogen and oxygen atoms in total. The van der Waals surface area contributed by atoms with Crippen LogP contribution in [0.15, 0.2) is 24.3 Å². The van der Waals surface area contributed by atoms with Crippen molar-refractivity contribution in [3.63, 3.8) is 0 Å². The van der Waals surface area contributed by atoms with Crippen LogP contribution in [-0.2, 0) is 0 Å². The third kappa shape index (κ3) is 2.07. The Morgan fingerprint density at radius 3 is 2.29 bits per heavy atom. The van der Waals surface area contributed by atoms with Crippen LogP contribution in [0.4, 0.5) is 0 Å². The third-order valence-electron chi connectivity index (χ3n) is 2.51. The maximum absolute atomic E-state index is 5.69. The van der Waals surface area contributed by atoms with Gasteiger partial charge in [0.2, 0.25) is 0 Å². The minimum Gasteiger partial charge on any atom is -0.488 e. The molecular formula is C12H16NO. The number of nitrogens with zero attached hydrogens (tertiary/aromatic N) is 1. The van der Waals surface area contributed by atoms with Gasteiger partial charge in [-0.1, -0.05) is 26.0 Å². The van der Waals surface area contributed by atoms with Crippen molar-refractivity contribution in [3.05, 3.63) is 29.8 Å². The molecule has 2 rings (SSSR count). The van der Waals surface area contributed by atoms with E-state index in [0.717, 1.165) is 18.8 Å². The fourth-order valence-corrected chi connectivity index (χ4v) is 1.43. The third-order valence-corrected chi connectivity index (χ3v) is 2.51. The second-order valence-corrected chi connectivity index (χ2v) is 4.05. The van der Waals surface area contributed by atoms with Gasteiger partial charge in [-0.25, -0.2) is 5.32 Å². The van der Waals surface area contributed by atoms with Crippen LogP contribution in [0.3, 0.4) is 0 Å². The Morgan fingerprint density at radius 1 is 1.21 bits per heavy atom. The van der Waals surface area contributed by atoms with E-state index < -0.39 is 0 Å². The molecule has 1 aliphatic rings. The highest BCUT2D eigenvalue weighted by Gasteiger charge is 2.19. The van der Waals surface area contributed by atoms with Crippen molar-refractivity contribution in [2.75, 3.05) is 13.1 Å². The lowest BCUT2D eigenvalue weighted by Crippen LogP contribution is -2.45. The molecule has 0 amide bonds. The zero-order valence-electron chi connectivity index (χ0n) is 8.73. The molecule has 14 heavy (non-hydrogen) atoms. The Balaban J connectivity index is 1.98. The summed E-state index contributed by atoms with van der Waals surface area (Å²) in [5.74, 6) is 1.55. The molecular weight excluding hydrogens is 174 g/mol. The van der Waals surface area contributed by atoms with E-state index >= 15 is 0 Å². The van der Waals surface area contributed by atoms with E-state index in [1.54, 1.807) is 0 Å². The largest absolute Gasteiger partial charge is 0.488 e. The molecule has 1 aromatic carbocycles. The van der Waals surface area contributed by atoms with Crippen molar-refractivity contribution >= 4 is 0 Å². The molecule has 0 saturated carbocycles. The molecule has 2 heteroatoms. The van der Waals surface area contributed by atoms with Crippen molar-refractivity contribution in [2.24, 2.45) is 0 Å². The Labute approximate surface area is 85.3 Å². The van der Waals surface area contributed by atoms with E-state index in [1.807, 2.05) is 12.1 Å². The highest BCUT2D eigenvalue weighted by atomic mass is 16.5. The van der Waals surface area contributed by atoms with Crippen LogP contribution < -0.4 is 10.1 Å². The molecule has 1 radical (unpaired) electrons. The van der Waals surface area contributed by atoms with Crippen LogP contribution in [0.25, 0.3) is 0 Å². The van der Waals surface area contributed by atoms with E-state index in [9.17, 15) is 0 Å². The Hall–Kier alpha value is -1.02.